The van der Waals surface area contributed by atoms with E-state index in [1.807, 2.05) is 24.3 Å². The fraction of sp³-hybridized carbons (Fsp3) is 0.750. The van der Waals surface area contributed by atoms with Gasteiger partial charge in [0.15, 0.2) is 0 Å². The van der Waals surface area contributed by atoms with Crippen LogP contribution in [-0.2, 0) is 14.3 Å². The van der Waals surface area contributed by atoms with Crippen LogP contribution in [0.5, 0.6) is 0 Å². The van der Waals surface area contributed by atoms with E-state index >= 15 is 0 Å². The van der Waals surface area contributed by atoms with Crippen LogP contribution in [0.2, 0.25) is 0 Å². The third kappa shape index (κ3) is 7.03. The summed E-state index contributed by atoms with van der Waals surface area (Å²) in [7, 11) is 1.70. The first-order valence-electron chi connectivity index (χ1n) is 11.3. The summed E-state index contributed by atoms with van der Waals surface area (Å²) in [4.78, 5) is 22.8. The van der Waals surface area contributed by atoms with Gasteiger partial charge in [0.05, 0.1) is 12.2 Å². The Morgan fingerprint density at radius 3 is 2.67 bits per heavy atom. The van der Waals surface area contributed by atoms with Gasteiger partial charge in [0, 0.05) is 38.4 Å². The summed E-state index contributed by atoms with van der Waals surface area (Å²) < 4.78 is 5.15. The molecular weight excluding hydrogens is 384 g/mol. The average Bonchev–Trinajstić information content (AvgIpc) is 2.93. The number of rotatable bonds is 14. The normalized spacial score (nSPS) is 27.0. The molecule has 2 fully saturated rings. The van der Waals surface area contributed by atoms with Crippen molar-refractivity contribution in [1.29, 1.82) is 0 Å². The summed E-state index contributed by atoms with van der Waals surface area (Å²) in [6.07, 6.45) is 14.5. The molecule has 2 saturated carbocycles. The van der Waals surface area contributed by atoms with Crippen LogP contribution < -0.4 is 0 Å². The Morgan fingerprint density at radius 2 is 2.03 bits per heavy atom. The van der Waals surface area contributed by atoms with E-state index in [-0.39, 0.29) is 35.9 Å². The van der Waals surface area contributed by atoms with E-state index < -0.39 is 18.2 Å². The number of aliphatic hydroxyl groups is 2. The molecule has 0 aliphatic heterocycles. The second-order valence-corrected chi connectivity index (χ2v) is 8.91. The maximum atomic E-state index is 12.3. The molecule has 6 nitrogen and oxygen atoms in total. The summed E-state index contributed by atoms with van der Waals surface area (Å²) >= 11 is 0. The predicted octanol–water partition coefficient (Wildman–Crippen LogP) is 3.66. The third-order valence-corrected chi connectivity index (χ3v) is 6.85. The van der Waals surface area contributed by atoms with Crippen LogP contribution >= 0.6 is 0 Å². The van der Waals surface area contributed by atoms with Crippen molar-refractivity contribution in [2.75, 3.05) is 13.7 Å². The summed E-state index contributed by atoms with van der Waals surface area (Å²) in [6.45, 7) is 0.714. The number of carbonyl (C=O) groups excluding carboxylic acids is 1. The number of carbonyl (C=O) groups is 2. The predicted molar refractivity (Wildman–Crippen MR) is 115 cm³/mol. The van der Waals surface area contributed by atoms with Gasteiger partial charge in [-0.05, 0) is 56.8 Å². The Morgan fingerprint density at radius 1 is 1.27 bits per heavy atom. The van der Waals surface area contributed by atoms with Crippen molar-refractivity contribution in [1.82, 2.24) is 0 Å². The van der Waals surface area contributed by atoms with Crippen LogP contribution in [0, 0.1) is 17.3 Å². The van der Waals surface area contributed by atoms with E-state index in [0.29, 0.717) is 32.3 Å². The minimum Gasteiger partial charge on any atom is -0.481 e. The number of allylic oxidation sites excluding steroid dienone is 2. The highest BCUT2D eigenvalue weighted by molar-refractivity contribution is 5.84. The van der Waals surface area contributed by atoms with Crippen molar-refractivity contribution in [2.24, 2.45) is 17.3 Å². The maximum Gasteiger partial charge on any atom is 0.303 e. The smallest absolute Gasteiger partial charge is 0.303 e. The highest BCUT2D eigenvalue weighted by atomic mass is 16.5. The second kappa shape index (κ2) is 12.4. The van der Waals surface area contributed by atoms with Gasteiger partial charge in [-0.2, -0.15) is 0 Å². The molecule has 0 aromatic rings. The quantitative estimate of drug-likeness (QED) is 0.292. The SMILES string of the molecule is COCCCC1(C(O)CC=C[C@H]2[C@H](O)CC(=O)[C@@H]2CC=CCCCC(=O)O)CCC1. The minimum absolute atomic E-state index is 0.00886. The number of aliphatic hydroxyl groups excluding tert-OH is 2. The van der Waals surface area contributed by atoms with Gasteiger partial charge in [-0.25, -0.2) is 0 Å². The molecule has 0 bridgehead atoms. The Bertz CT molecular complexity index is 607. The minimum atomic E-state index is -0.799. The van der Waals surface area contributed by atoms with Gasteiger partial charge in [0.2, 0.25) is 0 Å². The van der Waals surface area contributed by atoms with Gasteiger partial charge in [0.25, 0.3) is 0 Å². The van der Waals surface area contributed by atoms with Crippen LogP contribution in [-0.4, -0.2) is 53.0 Å². The van der Waals surface area contributed by atoms with Crippen molar-refractivity contribution in [3.8, 4) is 0 Å². The average molecular weight is 423 g/mol. The summed E-state index contributed by atoms with van der Waals surface area (Å²) in [5.74, 6) is -1.20. The van der Waals surface area contributed by atoms with Gasteiger partial charge in [-0.3, -0.25) is 9.59 Å². The van der Waals surface area contributed by atoms with Crippen molar-refractivity contribution in [2.45, 2.75) is 82.8 Å². The van der Waals surface area contributed by atoms with Crippen LogP contribution in [0.3, 0.4) is 0 Å². The Hall–Kier alpha value is -1.50. The largest absolute Gasteiger partial charge is 0.481 e. The van der Waals surface area contributed by atoms with Gasteiger partial charge in [-0.1, -0.05) is 30.7 Å². The molecule has 0 amide bonds. The Labute approximate surface area is 180 Å². The zero-order chi connectivity index (χ0) is 22.0. The number of carboxylic acid groups (broad SMARTS) is 1. The number of Topliss-reactive ketones (excluding diaryl/α,β-unsaturated/α-hetero) is 1. The molecule has 0 aromatic heterocycles. The lowest BCUT2D eigenvalue weighted by atomic mass is 9.62. The van der Waals surface area contributed by atoms with Gasteiger partial charge >= 0.3 is 5.97 Å². The zero-order valence-corrected chi connectivity index (χ0v) is 18.2. The topological polar surface area (TPSA) is 104 Å². The molecule has 30 heavy (non-hydrogen) atoms. The first-order valence-corrected chi connectivity index (χ1v) is 11.3. The number of hydrogen-bond acceptors (Lipinski definition) is 5. The molecule has 6 heteroatoms. The van der Waals surface area contributed by atoms with Crippen LogP contribution in [0.1, 0.15) is 70.6 Å². The van der Waals surface area contributed by atoms with E-state index in [1.165, 1.54) is 0 Å². The molecule has 1 unspecified atom stereocenters. The number of ether oxygens (including phenoxy) is 1. The monoisotopic (exact) mass is 422 g/mol. The fourth-order valence-electron chi connectivity index (χ4n) is 4.82. The molecule has 0 spiro atoms. The molecule has 0 heterocycles. The first kappa shape index (κ1) is 24.8. The fourth-order valence-corrected chi connectivity index (χ4v) is 4.82. The number of hydrogen-bond donors (Lipinski definition) is 3. The van der Waals surface area contributed by atoms with Crippen LogP contribution in [0.4, 0.5) is 0 Å². The Kier molecular flexibility index (Phi) is 10.2. The molecular formula is C24H38O6. The molecule has 0 radical (unpaired) electrons. The highest BCUT2D eigenvalue weighted by Crippen LogP contribution is 2.48. The molecule has 4 atom stereocenters. The van der Waals surface area contributed by atoms with E-state index in [1.54, 1.807) is 7.11 Å². The number of carboxylic acids is 1. The number of methoxy groups -OCH3 is 1. The molecule has 2 aliphatic carbocycles. The van der Waals surface area contributed by atoms with Crippen molar-refractivity contribution in [3.63, 3.8) is 0 Å². The van der Waals surface area contributed by atoms with E-state index in [2.05, 4.69) is 0 Å². The van der Waals surface area contributed by atoms with Gasteiger partial charge < -0.3 is 20.1 Å². The zero-order valence-electron chi connectivity index (χ0n) is 18.2. The summed E-state index contributed by atoms with van der Waals surface area (Å²) in [5, 5.41) is 29.7. The molecule has 0 saturated heterocycles. The second-order valence-electron chi connectivity index (χ2n) is 8.91. The maximum absolute atomic E-state index is 12.3. The van der Waals surface area contributed by atoms with Crippen molar-refractivity contribution in [3.05, 3.63) is 24.3 Å². The lowest BCUT2D eigenvalue weighted by molar-refractivity contribution is -0.137. The molecule has 3 N–H and O–H groups in total. The number of aliphatic carboxylic acids is 1. The van der Waals surface area contributed by atoms with Crippen LogP contribution in [0.25, 0.3) is 0 Å². The van der Waals surface area contributed by atoms with E-state index in [9.17, 15) is 19.8 Å². The van der Waals surface area contributed by atoms with Crippen molar-refractivity contribution < 1.29 is 29.6 Å². The van der Waals surface area contributed by atoms with Crippen molar-refractivity contribution >= 4 is 11.8 Å². The van der Waals surface area contributed by atoms with E-state index in [4.69, 9.17) is 9.84 Å². The number of ketones is 1. The summed E-state index contributed by atoms with van der Waals surface area (Å²) in [5.41, 5.74) is -0.00886. The Balaban J connectivity index is 1.84. The third-order valence-electron chi connectivity index (χ3n) is 6.85. The lowest BCUT2D eigenvalue weighted by Gasteiger charge is -2.45. The molecule has 170 valence electrons. The van der Waals surface area contributed by atoms with Gasteiger partial charge in [0.1, 0.15) is 5.78 Å². The molecule has 2 rings (SSSR count). The van der Waals surface area contributed by atoms with E-state index in [0.717, 1.165) is 32.1 Å². The highest BCUT2D eigenvalue weighted by Gasteiger charge is 2.42. The standard InChI is InChI=1S/C24H38O6/c1-30-16-8-15-24(13-7-14-24)22(27)11-6-10-19-18(20(25)17-21(19)26)9-4-2-3-5-12-23(28)29/h2,4,6,10,18-19,21-22,26-27H,3,5,7-9,11-17H2,1H3,(H,28,29)/t18-,19-,21-,22?/m1/s1. The number of unbranched alkanes of at least 4 members (excludes halogenated alkanes) is 1. The molecule has 0 aromatic carbocycles. The van der Waals surface area contributed by atoms with Crippen LogP contribution in [0.15, 0.2) is 24.3 Å². The molecule has 2 aliphatic rings. The summed E-state index contributed by atoms with van der Waals surface area (Å²) in [6, 6.07) is 0. The lowest BCUT2D eigenvalue weighted by Crippen LogP contribution is -2.41. The first-order chi connectivity index (χ1) is 14.4. The van der Waals surface area contributed by atoms with Gasteiger partial charge in [-0.15, -0.1) is 0 Å².